The molecule has 1 heterocycles. The summed E-state index contributed by atoms with van der Waals surface area (Å²) < 4.78 is 2.18. The fourth-order valence-electron chi connectivity index (χ4n) is 2.17. The maximum atomic E-state index is 11.6. The molecule has 0 bridgehead atoms. The van der Waals surface area contributed by atoms with Crippen molar-refractivity contribution in [2.24, 2.45) is 0 Å². The molecule has 0 N–H and O–H groups in total. The molecule has 0 saturated carbocycles. The SMILES string of the molecule is CC(=O)c1cccc2c(C)cn(C(C)C)c12. The van der Waals surface area contributed by atoms with Crippen molar-refractivity contribution in [3.05, 3.63) is 35.5 Å². The summed E-state index contributed by atoms with van der Waals surface area (Å²) in [6, 6.07) is 6.31. The van der Waals surface area contributed by atoms with Gasteiger partial charge in [-0.1, -0.05) is 12.1 Å². The van der Waals surface area contributed by atoms with Crippen LogP contribution in [-0.4, -0.2) is 10.4 Å². The van der Waals surface area contributed by atoms with Gasteiger partial charge in [-0.3, -0.25) is 4.79 Å². The van der Waals surface area contributed by atoms with Crippen molar-refractivity contribution in [2.45, 2.75) is 33.7 Å². The molecule has 0 aliphatic heterocycles. The maximum absolute atomic E-state index is 11.6. The van der Waals surface area contributed by atoms with E-state index in [0.717, 1.165) is 11.1 Å². The lowest BCUT2D eigenvalue weighted by molar-refractivity contribution is 0.101. The lowest BCUT2D eigenvalue weighted by Gasteiger charge is -2.11. The molecule has 2 heteroatoms. The van der Waals surface area contributed by atoms with Crippen LogP contribution >= 0.6 is 0 Å². The van der Waals surface area contributed by atoms with E-state index in [1.165, 1.54) is 10.9 Å². The van der Waals surface area contributed by atoms with E-state index >= 15 is 0 Å². The molecular formula is C14H17NO. The molecule has 0 radical (unpaired) electrons. The first-order valence-corrected chi connectivity index (χ1v) is 5.63. The second-order valence-corrected chi connectivity index (χ2v) is 4.57. The number of nitrogens with zero attached hydrogens (tertiary/aromatic N) is 1. The van der Waals surface area contributed by atoms with Gasteiger partial charge in [0, 0.05) is 23.2 Å². The second kappa shape index (κ2) is 3.78. The number of para-hydroxylation sites is 1. The Bertz CT molecular complexity index is 549. The molecule has 2 nitrogen and oxygen atoms in total. The first-order chi connectivity index (χ1) is 7.52. The van der Waals surface area contributed by atoms with Crippen LogP contribution in [-0.2, 0) is 0 Å². The average molecular weight is 215 g/mol. The summed E-state index contributed by atoms with van der Waals surface area (Å²) >= 11 is 0. The molecule has 0 atom stereocenters. The van der Waals surface area contributed by atoms with Crippen molar-refractivity contribution < 1.29 is 4.79 Å². The summed E-state index contributed by atoms with van der Waals surface area (Å²) in [7, 11) is 0. The van der Waals surface area contributed by atoms with Crippen molar-refractivity contribution in [1.82, 2.24) is 4.57 Å². The van der Waals surface area contributed by atoms with E-state index in [9.17, 15) is 4.79 Å². The van der Waals surface area contributed by atoms with Crippen molar-refractivity contribution in [2.75, 3.05) is 0 Å². The Morgan fingerprint density at radius 3 is 2.56 bits per heavy atom. The van der Waals surface area contributed by atoms with E-state index in [4.69, 9.17) is 0 Å². The molecule has 1 aromatic carbocycles. The summed E-state index contributed by atoms with van der Waals surface area (Å²) in [4.78, 5) is 11.6. The highest BCUT2D eigenvalue weighted by molar-refractivity contribution is 6.06. The molecule has 2 aromatic rings. The molecular weight excluding hydrogens is 198 g/mol. The highest BCUT2D eigenvalue weighted by atomic mass is 16.1. The average Bonchev–Trinajstić information content (AvgIpc) is 2.56. The maximum Gasteiger partial charge on any atom is 0.161 e. The van der Waals surface area contributed by atoms with Crippen LogP contribution in [0.3, 0.4) is 0 Å². The number of rotatable bonds is 2. The van der Waals surface area contributed by atoms with Crippen molar-refractivity contribution >= 4 is 16.7 Å². The van der Waals surface area contributed by atoms with Crippen LogP contribution in [0.2, 0.25) is 0 Å². The zero-order valence-electron chi connectivity index (χ0n) is 10.2. The van der Waals surface area contributed by atoms with E-state index in [0.29, 0.717) is 6.04 Å². The lowest BCUT2D eigenvalue weighted by Crippen LogP contribution is -2.03. The molecule has 16 heavy (non-hydrogen) atoms. The minimum absolute atomic E-state index is 0.130. The molecule has 2 rings (SSSR count). The first-order valence-electron chi connectivity index (χ1n) is 5.63. The Hall–Kier alpha value is -1.57. The normalized spacial score (nSPS) is 11.3. The van der Waals surface area contributed by atoms with Crippen LogP contribution < -0.4 is 0 Å². The van der Waals surface area contributed by atoms with Gasteiger partial charge in [-0.25, -0.2) is 0 Å². The van der Waals surface area contributed by atoms with Crippen LogP contribution in [0, 0.1) is 6.92 Å². The monoisotopic (exact) mass is 215 g/mol. The van der Waals surface area contributed by atoms with Crippen LogP contribution in [0.25, 0.3) is 10.9 Å². The highest BCUT2D eigenvalue weighted by Gasteiger charge is 2.13. The van der Waals surface area contributed by atoms with E-state index < -0.39 is 0 Å². The van der Waals surface area contributed by atoms with Crippen LogP contribution in [0.15, 0.2) is 24.4 Å². The molecule has 0 unspecified atom stereocenters. The largest absolute Gasteiger partial charge is 0.344 e. The van der Waals surface area contributed by atoms with Crippen molar-refractivity contribution in [1.29, 1.82) is 0 Å². The number of carbonyl (C=O) groups excluding carboxylic acids is 1. The van der Waals surface area contributed by atoms with Gasteiger partial charge in [-0.05, 0) is 39.3 Å². The summed E-state index contributed by atoms with van der Waals surface area (Å²) in [5, 5.41) is 1.18. The number of aryl methyl sites for hydroxylation is 1. The number of hydrogen-bond acceptors (Lipinski definition) is 1. The topological polar surface area (TPSA) is 22.0 Å². The molecule has 0 aliphatic carbocycles. The number of ketones is 1. The summed E-state index contributed by atoms with van der Waals surface area (Å²) in [6.45, 7) is 7.98. The van der Waals surface area contributed by atoms with Gasteiger partial charge in [0.15, 0.2) is 5.78 Å². The Kier molecular flexibility index (Phi) is 2.58. The zero-order valence-corrected chi connectivity index (χ0v) is 10.2. The number of hydrogen-bond donors (Lipinski definition) is 0. The summed E-state index contributed by atoms with van der Waals surface area (Å²) in [6.07, 6.45) is 2.13. The minimum atomic E-state index is 0.130. The Labute approximate surface area is 95.9 Å². The van der Waals surface area contributed by atoms with Crippen LogP contribution in [0.1, 0.15) is 42.7 Å². The van der Waals surface area contributed by atoms with Gasteiger partial charge in [0.05, 0.1) is 5.52 Å². The minimum Gasteiger partial charge on any atom is -0.344 e. The number of aromatic nitrogens is 1. The van der Waals surface area contributed by atoms with Gasteiger partial charge >= 0.3 is 0 Å². The van der Waals surface area contributed by atoms with Crippen LogP contribution in [0.4, 0.5) is 0 Å². The van der Waals surface area contributed by atoms with E-state index in [2.05, 4.69) is 37.6 Å². The Morgan fingerprint density at radius 1 is 1.31 bits per heavy atom. The third kappa shape index (κ3) is 1.54. The van der Waals surface area contributed by atoms with E-state index in [-0.39, 0.29) is 5.78 Å². The molecule has 0 fully saturated rings. The van der Waals surface area contributed by atoms with Crippen molar-refractivity contribution in [3.63, 3.8) is 0 Å². The smallest absolute Gasteiger partial charge is 0.161 e. The molecule has 1 aromatic heterocycles. The van der Waals surface area contributed by atoms with Gasteiger partial charge in [0.2, 0.25) is 0 Å². The second-order valence-electron chi connectivity index (χ2n) is 4.57. The van der Waals surface area contributed by atoms with Gasteiger partial charge in [-0.2, -0.15) is 0 Å². The summed E-state index contributed by atoms with van der Waals surface area (Å²) in [5.74, 6) is 0.130. The molecule has 0 amide bonds. The van der Waals surface area contributed by atoms with Crippen LogP contribution in [0.5, 0.6) is 0 Å². The fourth-order valence-corrected chi connectivity index (χ4v) is 2.17. The van der Waals surface area contributed by atoms with Crippen molar-refractivity contribution in [3.8, 4) is 0 Å². The number of fused-ring (bicyclic) bond motifs is 1. The standard InChI is InChI=1S/C14H17NO/c1-9(2)15-8-10(3)12-6-5-7-13(11(4)16)14(12)15/h5-9H,1-4H3. The summed E-state index contributed by atoms with van der Waals surface area (Å²) in [5.41, 5.74) is 3.12. The predicted molar refractivity (Wildman–Crippen MR) is 67.1 cm³/mol. The zero-order chi connectivity index (χ0) is 11.9. The Balaban J connectivity index is 2.88. The Morgan fingerprint density at radius 2 is 2.00 bits per heavy atom. The van der Waals surface area contributed by atoms with Gasteiger partial charge < -0.3 is 4.57 Å². The van der Waals surface area contributed by atoms with Gasteiger partial charge in [-0.15, -0.1) is 0 Å². The number of benzene rings is 1. The third-order valence-corrected chi connectivity index (χ3v) is 2.99. The quantitative estimate of drug-likeness (QED) is 0.699. The molecule has 0 saturated heterocycles. The predicted octanol–water partition coefficient (Wildman–Crippen LogP) is 3.73. The first kappa shape index (κ1) is 10.9. The number of Topliss-reactive ketones (excluding diaryl/α,β-unsaturated/α-hetero) is 1. The number of carbonyl (C=O) groups is 1. The van der Waals surface area contributed by atoms with E-state index in [1.54, 1.807) is 6.92 Å². The lowest BCUT2D eigenvalue weighted by atomic mass is 10.1. The van der Waals surface area contributed by atoms with Gasteiger partial charge in [0.1, 0.15) is 0 Å². The molecule has 0 aliphatic rings. The third-order valence-electron chi connectivity index (χ3n) is 2.99. The molecule has 0 spiro atoms. The van der Waals surface area contributed by atoms with Gasteiger partial charge in [0.25, 0.3) is 0 Å². The van der Waals surface area contributed by atoms with E-state index in [1.807, 2.05) is 12.1 Å². The fraction of sp³-hybridized carbons (Fsp3) is 0.357. The molecule has 84 valence electrons. The highest BCUT2D eigenvalue weighted by Crippen LogP contribution is 2.27.